The van der Waals surface area contributed by atoms with Crippen LogP contribution in [0, 0.1) is 18.3 Å². The standard InChI is InChI=1S/C13H21N3/c1-5-6-11(4)16-9-15-8-13(16)12(14)7-10(2)3/h1,8-12H,6-7,14H2,2-4H3. The highest BCUT2D eigenvalue weighted by molar-refractivity contribution is 5.07. The highest BCUT2D eigenvalue weighted by Gasteiger charge is 2.15. The Morgan fingerprint density at radius 1 is 1.50 bits per heavy atom. The summed E-state index contributed by atoms with van der Waals surface area (Å²) in [5.74, 6) is 3.26. The predicted octanol–water partition coefficient (Wildman–Crippen LogP) is 2.51. The van der Waals surface area contributed by atoms with Crippen LogP contribution in [0.1, 0.15) is 51.4 Å². The normalized spacial score (nSPS) is 14.8. The van der Waals surface area contributed by atoms with E-state index in [4.69, 9.17) is 12.2 Å². The summed E-state index contributed by atoms with van der Waals surface area (Å²) in [6, 6.07) is 0.309. The van der Waals surface area contributed by atoms with Crippen molar-refractivity contribution in [3.8, 4) is 12.3 Å². The molecule has 0 amide bonds. The molecule has 0 aliphatic heterocycles. The van der Waals surface area contributed by atoms with E-state index in [1.165, 1.54) is 0 Å². The molecule has 0 aliphatic carbocycles. The second-order valence-electron chi connectivity index (χ2n) is 4.72. The number of imidazole rings is 1. The van der Waals surface area contributed by atoms with Gasteiger partial charge >= 0.3 is 0 Å². The van der Waals surface area contributed by atoms with Gasteiger partial charge in [0.1, 0.15) is 0 Å². The molecule has 3 nitrogen and oxygen atoms in total. The second kappa shape index (κ2) is 5.72. The SMILES string of the molecule is C#CCC(C)n1cncc1C(N)CC(C)C. The maximum absolute atomic E-state index is 6.16. The maximum Gasteiger partial charge on any atom is 0.0951 e. The molecule has 3 heteroatoms. The number of nitrogens with zero attached hydrogens (tertiary/aromatic N) is 2. The number of aromatic nitrogens is 2. The molecule has 0 fully saturated rings. The largest absolute Gasteiger partial charge is 0.329 e. The summed E-state index contributed by atoms with van der Waals surface area (Å²) in [7, 11) is 0. The van der Waals surface area contributed by atoms with Crippen LogP contribution in [0.5, 0.6) is 0 Å². The summed E-state index contributed by atoms with van der Waals surface area (Å²) in [6.45, 7) is 6.43. The summed E-state index contributed by atoms with van der Waals surface area (Å²) in [5.41, 5.74) is 7.24. The minimum Gasteiger partial charge on any atom is -0.329 e. The Morgan fingerprint density at radius 2 is 2.19 bits per heavy atom. The average Bonchev–Trinajstić information content (AvgIpc) is 2.65. The third-order valence-electron chi connectivity index (χ3n) is 2.69. The van der Waals surface area contributed by atoms with Crippen molar-refractivity contribution in [3.05, 3.63) is 18.2 Å². The topological polar surface area (TPSA) is 43.8 Å². The van der Waals surface area contributed by atoms with Gasteiger partial charge in [0, 0.05) is 24.7 Å². The lowest BCUT2D eigenvalue weighted by molar-refractivity contribution is 0.460. The van der Waals surface area contributed by atoms with Crippen LogP contribution >= 0.6 is 0 Å². The third kappa shape index (κ3) is 3.11. The van der Waals surface area contributed by atoms with Crippen molar-refractivity contribution in [2.24, 2.45) is 11.7 Å². The van der Waals surface area contributed by atoms with Crippen molar-refractivity contribution in [1.29, 1.82) is 0 Å². The fourth-order valence-electron chi connectivity index (χ4n) is 1.87. The molecule has 0 radical (unpaired) electrons. The molecular weight excluding hydrogens is 198 g/mol. The van der Waals surface area contributed by atoms with Crippen LogP contribution in [0.15, 0.2) is 12.5 Å². The Labute approximate surface area is 98.1 Å². The number of terminal acetylenes is 1. The second-order valence-corrected chi connectivity index (χ2v) is 4.72. The molecule has 2 N–H and O–H groups in total. The summed E-state index contributed by atoms with van der Waals surface area (Å²) in [6.07, 6.45) is 10.7. The van der Waals surface area contributed by atoms with Gasteiger partial charge in [-0.25, -0.2) is 4.98 Å². The van der Waals surface area contributed by atoms with Crippen LogP contribution in [-0.2, 0) is 0 Å². The Hall–Kier alpha value is -1.27. The molecule has 1 aromatic heterocycles. The van der Waals surface area contributed by atoms with Crippen LogP contribution in [0.25, 0.3) is 0 Å². The van der Waals surface area contributed by atoms with E-state index in [1.807, 2.05) is 12.5 Å². The smallest absolute Gasteiger partial charge is 0.0951 e. The monoisotopic (exact) mass is 219 g/mol. The molecule has 0 aliphatic rings. The van der Waals surface area contributed by atoms with E-state index in [2.05, 4.69) is 36.2 Å². The van der Waals surface area contributed by atoms with Crippen molar-refractivity contribution in [3.63, 3.8) is 0 Å². The van der Waals surface area contributed by atoms with Gasteiger partial charge < -0.3 is 10.3 Å². The lowest BCUT2D eigenvalue weighted by Crippen LogP contribution is -2.18. The quantitative estimate of drug-likeness (QED) is 0.773. The minimum atomic E-state index is 0.0442. The number of nitrogens with two attached hydrogens (primary N) is 1. The Bertz CT molecular complexity index is 359. The summed E-state index contributed by atoms with van der Waals surface area (Å²) >= 11 is 0. The predicted molar refractivity (Wildman–Crippen MR) is 66.8 cm³/mol. The molecule has 0 saturated heterocycles. The molecule has 0 spiro atoms. The zero-order valence-electron chi connectivity index (χ0n) is 10.4. The summed E-state index contributed by atoms with van der Waals surface area (Å²) in [5, 5.41) is 0. The Balaban J connectivity index is 2.81. The zero-order valence-corrected chi connectivity index (χ0v) is 10.4. The van der Waals surface area contributed by atoms with Crippen LogP contribution < -0.4 is 5.73 Å². The van der Waals surface area contributed by atoms with Crippen LogP contribution in [0.3, 0.4) is 0 Å². The maximum atomic E-state index is 6.16. The van der Waals surface area contributed by atoms with Crippen molar-refractivity contribution in [2.45, 2.75) is 45.7 Å². The van der Waals surface area contributed by atoms with E-state index in [-0.39, 0.29) is 12.1 Å². The number of hydrogen-bond donors (Lipinski definition) is 1. The Morgan fingerprint density at radius 3 is 2.75 bits per heavy atom. The lowest BCUT2D eigenvalue weighted by atomic mass is 10.0. The van der Waals surface area contributed by atoms with Gasteiger partial charge in [-0.05, 0) is 19.3 Å². The highest BCUT2D eigenvalue weighted by atomic mass is 15.1. The number of rotatable bonds is 5. The summed E-state index contributed by atoms with van der Waals surface area (Å²) < 4.78 is 2.09. The van der Waals surface area contributed by atoms with Gasteiger partial charge in [-0.1, -0.05) is 13.8 Å². The first-order valence-electron chi connectivity index (χ1n) is 5.77. The molecule has 88 valence electrons. The third-order valence-corrected chi connectivity index (χ3v) is 2.69. The van der Waals surface area contributed by atoms with Crippen molar-refractivity contribution in [2.75, 3.05) is 0 Å². The van der Waals surface area contributed by atoms with Crippen LogP contribution in [0.2, 0.25) is 0 Å². The van der Waals surface area contributed by atoms with Gasteiger partial charge in [0.25, 0.3) is 0 Å². The first-order chi connectivity index (χ1) is 7.56. The molecule has 16 heavy (non-hydrogen) atoms. The van der Waals surface area contributed by atoms with Gasteiger partial charge in [-0.15, -0.1) is 12.3 Å². The van der Waals surface area contributed by atoms with Crippen LogP contribution in [-0.4, -0.2) is 9.55 Å². The van der Waals surface area contributed by atoms with Crippen molar-refractivity contribution >= 4 is 0 Å². The van der Waals surface area contributed by atoms with E-state index >= 15 is 0 Å². The highest BCUT2D eigenvalue weighted by Crippen LogP contribution is 2.22. The van der Waals surface area contributed by atoms with Gasteiger partial charge in [0.05, 0.1) is 12.0 Å². The van der Waals surface area contributed by atoms with Gasteiger partial charge in [0.2, 0.25) is 0 Å². The van der Waals surface area contributed by atoms with E-state index in [0.717, 1.165) is 12.1 Å². The molecular formula is C13H21N3. The molecule has 0 saturated carbocycles. The van der Waals surface area contributed by atoms with Gasteiger partial charge in [-0.3, -0.25) is 0 Å². The molecule has 1 rings (SSSR count). The molecule has 0 bridgehead atoms. The van der Waals surface area contributed by atoms with Crippen molar-refractivity contribution in [1.82, 2.24) is 9.55 Å². The first kappa shape index (κ1) is 12.8. The molecule has 0 aromatic carbocycles. The zero-order chi connectivity index (χ0) is 12.1. The molecule has 2 unspecified atom stereocenters. The lowest BCUT2D eigenvalue weighted by Gasteiger charge is -2.19. The molecule has 2 atom stereocenters. The van der Waals surface area contributed by atoms with E-state index in [1.54, 1.807) is 0 Å². The number of hydrogen-bond acceptors (Lipinski definition) is 2. The van der Waals surface area contributed by atoms with Gasteiger partial charge in [0.15, 0.2) is 0 Å². The Kier molecular flexibility index (Phi) is 4.57. The van der Waals surface area contributed by atoms with Crippen molar-refractivity contribution < 1.29 is 0 Å². The van der Waals surface area contributed by atoms with E-state index in [0.29, 0.717) is 12.3 Å². The summed E-state index contributed by atoms with van der Waals surface area (Å²) in [4.78, 5) is 4.17. The average molecular weight is 219 g/mol. The fraction of sp³-hybridized carbons (Fsp3) is 0.615. The van der Waals surface area contributed by atoms with Gasteiger partial charge in [-0.2, -0.15) is 0 Å². The molecule has 1 heterocycles. The fourth-order valence-corrected chi connectivity index (χ4v) is 1.87. The van der Waals surface area contributed by atoms with E-state index < -0.39 is 0 Å². The minimum absolute atomic E-state index is 0.0442. The molecule has 1 aromatic rings. The van der Waals surface area contributed by atoms with E-state index in [9.17, 15) is 0 Å². The first-order valence-corrected chi connectivity index (χ1v) is 5.77. The van der Waals surface area contributed by atoms with Crippen LogP contribution in [0.4, 0.5) is 0 Å².